The topological polar surface area (TPSA) is 56.2 Å². The Morgan fingerprint density at radius 2 is 1.55 bits per heavy atom. The van der Waals surface area contributed by atoms with Crippen LogP contribution in [0.15, 0.2) is 66.7 Å². The highest BCUT2D eigenvalue weighted by molar-refractivity contribution is 5.88. The number of aromatic hydroxyl groups is 1. The van der Waals surface area contributed by atoms with Gasteiger partial charge in [-0.25, -0.2) is 0 Å². The molecule has 4 rings (SSSR count). The van der Waals surface area contributed by atoms with E-state index in [1.165, 1.54) is 0 Å². The number of fused-ring (bicyclic) bond motifs is 1. The first-order valence-electron chi connectivity index (χ1n) is 9.74. The van der Waals surface area contributed by atoms with Gasteiger partial charge in [0.25, 0.3) is 0 Å². The third-order valence-electron chi connectivity index (χ3n) is 5.24. The number of phenols is 1. The number of phenolic OH excluding ortho intramolecular Hbond substituents is 1. The lowest BCUT2D eigenvalue weighted by atomic mass is 10.1. The summed E-state index contributed by atoms with van der Waals surface area (Å²) in [4.78, 5) is 4.43. The molecular weight excluding hydrogens is 388 g/mol. The average molecular weight is 415 g/mol. The number of anilines is 1. The highest BCUT2D eigenvalue weighted by Gasteiger charge is 2.21. The number of halogens is 1. The third-order valence-corrected chi connectivity index (χ3v) is 5.24. The largest absolute Gasteiger partial charge is 0.506 e. The molecule has 154 valence electrons. The number of hydrogen-bond donors (Lipinski definition) is 2. The van der Waals surface area contributed by atoms with Gasteiger partial charge in [-0.15, -0.1) is 12.4 Å². The number of aliphatic hydroxyl groups is 1. The second-order valence-corrected chi connectivity index (χ2v) is 7.22. The molecule has 1 aliphatic heterocycles. The highest BCUT2D eigenvalue weighted by Crippen LogP contribution is 2.27. The van der Waals surface area contributed by atoms with Crippen molar-refractivity contribution in [2.45, 2.75) is 6.10 Å². The fourth-order valence-electron chi connectivity index (χ4n) is 3.76. The van der Waals surface area contributed by atoms with E-state index in [2.05, 4.69) is 21.9 Å². The molecule has 0 radical (unpaired) electrons. The number of benzene rings is 3. The Morgan fingerprint density at radius 1 is 0.862 bits per heavy atom. The predicted octanol–water partition coefficient (Wildman–Crippen LogP) is 3.53. The molecule has 0 spiro atoms. The van der Waals surface area contributed by atoms with Gasteiger partial charge in [0, 0.05) is 38.1 Å². The van der Waals surface area contributed by atoms with Crippen LogP contribution in [0.3, 0.4) is 0 Å². The maximum atomic E-state index is 10.4. The average Bonchev–Trinajstić information content (AvgIpc) is 2.73. The van der Waals surface area contributed by atoms with E-state index >= 15 is 0 Å². The van der Waals surface area contributed by atoms with E-state index in [9.17, 15) is 10.2 Å². The molecule has 2 N–H and O–H groups in total. The normalized spacial score (nSPS) is 15.7. The Bertz CT molecular complexity index is 923. The Labute approximate surface area is 177 Å². The van der Waals surface area contributed by atoms with Gasteiger partial charge in [0.1, 0.15) is 24.2 Å². The zero-order valence-electron chi connectivity index (χ0n) is 16.3. The van der Waals surface area contributed by atoms with Gasteiger partial charge in [0.05, 0.1) is 5.69 Å². The summed E-state index contributed by atoms with van der Waals surface area (Å²) >= 11 is 0. The molecule has 0 saturated carbocycles. The van der Waals surface area contributed by atoms with Gasteiger partial charge >= 0.3 is 0 Å². The van der Waals surface area contributed by atoms with Crippen molar-refractivity contribution in [1.82, 2.24) is 4.90 Å². The van der Waals surface area contributed by atoms with E-state index in [1.54, 1.807) is 6.07 Å². The summed E-state index contributed by atoms with van der Waals surface area (Å²) in [5, 5.41) is 22.7. The number of rotatable bonds is 6. The first-order valence-corrected chi connectivity index (χ1v) is 9.74. The van der Waals surface area contributed by atoms with Crippen molar-refractivity contribution in [1.29, 1.82) is 0 Å². The number of hydrogen-bond acceptors (Lipinski definition) is 5. The van der Waals surface area contributed by atoms with E-state index in [0.717, 1.165) is 48.4 Å². The monoisotopic (exact) mass is 414 g/mol. The van der Waals surface area contributed by atoms with Crippen molar-refractivity contribution in [2.75, 3.05) is 44.2 Å². The fourth-order valence-corrected chi connectivity index (χ4v) is 3.76. The Morgan fingerprint density at radius 3 is 2.34 bits per heavy atom. The number of piperazine rings is 1. The minimum absolute atomic E-state index is 0. The molecule has 1 saturated heterocycles. The van der Waals surface area contributed by atoms with Crippen LogP contribution < -0.4 is 9.64 Å². The summed E-state index contributed by atoms with van der Waals surface area (Å²) in [5.41, 5.74) is 0.877. The lowest BCUT2D eigenvalue weighted by Gasteiger charge is -2.37. The number of para-hydroxylation sites is 2. The fraction of sp³-hybridized carbons (Fsp3) is 0.304. The van der Waals surface area contributed by atoms with Gasteiger partial charge in [0.2, 0.25) is 0 Å². The summed E-state index contributed by atoms with van der Waals surface area (Å²) < 4.78 is 5.91. The third kappa shape index (κ3) is 5.12. The van der Waals surface area contributed by atoms with Crippen LogP contribution in [-0.2, 0) is 0 Å². The summed E-state index contributed by atoms with van der Waals surface area (Å²) in [6.07, 6.45) is -0.546. The van der Waals surface area contributed by atoms with Crippen molar-refractivity contribution >= 4 is 28.9 Å². The zero-order chi connectivity index (χ0) is 19.3. The van der Waals surface area contributed by atoms with Crippen molar-refractivity contribution in [3.8, 4) is 11.5 Å². The van der Waals surface area contributed by atoms with Crippen LogP contribution in [0.4, 0.5) is 5.69 Å². The van der Waals surface area contributed by atoms with Gasteiger partial charge < -0.3 is 19.8 Å². The maximum Gasteiger partial charge on any atom is 0.138 e. The molecule has 1 heterocycles. The minimum atomic E-state index is -0.546. The van der Waals surface area contributed by atoms with Crippen LogP contribution in [-0.4, -0.2) is 60.5 Å². The molecule has 0 aromatic heterocycles. The second-order valence-electron chi connectivity index (χ2n) is 7.22. The molecule has 0 amide bonds. The summed E-state index contributed by atoms with van der Waals surface area (Å²) in [6, 6.07) is 21.5. The number of nitrogens with zero attached hydrogens (tertiary/aromatic N) is 2. The molecule has 6 heteroatoms. The maximum absolute atomic E-state index is 10.4. The van der Waals surface area contributed by atoms with Crippen LogP contribution in [0.2, 0.25) is 0 Å². The molecule has 3 aromatic rings. The van der Waals surface area contributed by atoms with Crippen LogP contribution >= 0.6 is 12.4 Å². The summed E-state index contributed by atoms with van der Waals surface area (Å²) in [5.74, 6) is 1.13. The van der Waals surface area contributed by atoms with Crippen molar-refractivity contribution in [3.05, 3.63) is 66.7 Å². The quantitative estimate of drug-likeness (QED) is 0.646. The van der Waals surface area contributed by atoms with E-state index in [1.807, 2.05) is 48.5 Å². The van der Waals surface area contributed by atoms with E-state index in [0.29, 0.717) is 12.3 Å². The van der Waals surface area contributed by atoms with E-state index in [-0.39, 0.29) is 19.0 Å². The van der Waals surface area contributed by atoms with Gasteiger partial charge in [-0.05, 0) is 23.6 Å². The highest BCUT2D eigenvalue weighted by atomic mass is 35.5. The van der Waals surface area contributed by atoms with Gasteiger partial charge in [-0.2, -0.15) is 0 Å². The van der Waals surface area contributed by atoms with Crippen molar-refractivity contribution in [3.63, 3.8) is 0 Å². The summed E-state index contributed by atoms with van der Waals surface area (Å²) in [7, 11) is 0. The van der Waals surface area contributed by atoms with Crippen LogP contribution in [0.25, 0.3) is 10.8 Å². The molecule has 0 bridgehead atoms. The van der Waals surface area contributed by atoms with Gasteiger partial charge in [-0.3, -0.25) is 4.90 Å². The van der Waals surface area contributed by atoms with Gasteiger partial charge in [0.15, 0.2) is 0 Å². The molecule has 1 unspecified atom stereocenters. The molecule has 1 atom stereocenters. The molecule has 3 aromatic carbocycles. The number of ether oxygens (including phenoxy) is 1. The Hall–Kier alpha value is -2.47. The van der Waals surface area contributed by atoms with Crippen LogP contribution in [0.1, 0.15) is 0 Å². The SMILES string of the molecule is Cl.Oc1ccccc1N1CCN(CC(O)COc2cccc3ccccc23)CC1. The van der Waals surface area contributed by atoms with Crippen LogP contribution in [0.5, 0.6) is 11.5 Å². The molecule has 0 aliphatic carbocycles. The first-order chi connectivity index (χ1) is 13.7. The lowest BCUT2D eigenvalue weighted by Crippen LogP contribution is -2.49. The number of aliphatic hydroxyl groups excluding tert-OH is 1. The Balaban J connectivity index is 0.00000240. The summed E-state index contributed by atoms with van der Waals surface area (Å²) in [6.45, 7) is 4.20. The van der Waals surface area contributed by atoms with E-state index in [4.69, 9.17) is 4.74 Å². The molecular formula is C23H27ClN2O3. The molecule has 1 aliphatic rings. The van der Waals surface area contributed by atoms with Crippen molar-refractivity contribution < 1.29 is 14.9 Å². The molecule has 1 fully saturated rings. The van der Waals surface area contributed by atoms with Crippen LogP contribution in [0, 0.1) is 0 Å². The lowest BCUT2D eigenvalue weighted by molar-refractivity contribution is 0.0668. The molecule has 5 nitrogen and oxygen atoms in total. The standard InChI is InChI=1S/C23H26N2O3.ClH/c26-19(17-28-23-11-5-7-18-6-1-2-8-20(18)23)16-24-12-14-25(15-13-24)21-9-3-4-10-22(21)27;/h1-11,19,26-27H,12-17H2;1H. The zero-order valence-corrected chi connectivity index (χ0v) is 17.1. The Kier molecular flexibility index (Phi) is 7.20. The number of β-amino-alcohol motifs (C(OH)–C–C–N with tert-alkyl or cyclic N) is 1. The second kappa shape index (κ2) is 9.83. The van der Waals surface area contributed by atoms with Gasteiger partial charge in [-0.1, -0.05) is 48.5 Å². The predicted molar refractivity (Wildman–Crippen MR) is 119 cm³/mol. The van der Waals surface area contributed by atoms with Crippen molar-refractivity contribution in [2.24, 2.45) is 0 Å². The first kappa shape index (κ1) is 21.2. The smallest absolute Gasteiger partial charge is 0.138 e. The minimum Gasteiger partial charge on any atom is -0.506 e. The van der Waals surface area contributed by atoms with E-state index < -0.39 is 6.10 Å². The molecule has 29 heavy (non-hydrogen) atoms.